The Bertz CT molecular complexity index is 329. The molecule has 0 amide bonds. The summed E-state index contributed by atoms with van der Waals surface area (Å²) in [4.78, 5) is 11.2. The molecular weight excluding hydrogens is 172 g/mol. The summed E-state index contributed by atoms with van der Waals surface area (Å²) in [6.45, 7) is 1.79. The molecule has 1 aromatic rings. The molecule has 4 nitrogen and oxygen atoms in total. The van der Waals surface area contributed by atoms with Gasteiger partial charge in [-0.05, 0) is 6.42 Å². The highest BCUT2D eigenvalue weighted by atomic mass is 16.5. The number of hydrogen-bond donors (Lipinski definition) is 1. The fourth-order valence-electron chi connectivity index (χ4n) is 1.04. The minimum atomic E-state index is -0.788. The van der Waals surface area contributed by atoms with Gasteiger partial charge in [0.25, 0.3) is 0 Å². The third-order valence-corrected chi connectivity index (χ3v) is 1.76. The second-order valence-corrected chi connectivity index (χ2v) is 2.61. The Morgan fingerprint density at radius 1 is 1.69 bits per heavy atom. The number of ether oxygens (including phenoxy) is 1. The van der Waals surface area contributed by atoms with Gasteiger partial charge in [0.1, 0.15) is 6.10 Å². The van der Waals surface area contributed by atoms with Gasteiger partial charge >= 0.3 is 0 Å². The van der Waals surface area contributed by atoms with E-state index in [0.29, 0.717) is 6.42 Å². The molecule has 1 aromatic heterocycles. The molecular formula is C9H12O4. The maximum atomic E-state index is 11.2. The van der Waals surface area contributed by atoms with Crippen LogP contribution >= 0.6 is 0 Å². The van der Waals surface area contributed by atoms with Gasteiger partial charge < -0.3 is 14.3 Å². The molecule has 0 saturated carbocycles. The first kappa shape index (κ1) is 9.80. The molecule has 0 aliphatic carbocycles. The van der Waals surface area contributed by atoms with Crippen LogP contribution < -0.4 is 10.2 Å². The predicted octanol–water partition coefficient (Wildman–Crippen LogP) is 1.09. The van der Waals surface area contributed by atoms with E-state index < -0.39 is 6.10 Å². The van der Waals surface area contributed by atoms with Gasteiger partial charge in [0.2, 0.25) is 11.2 Å². The lowest BCUT2D eigenvalue weighted by atomic mass is 10.2. The molecule has 0 aliphatic heterocycles. The first-order valence-corrected chi connectivity index (χ1v) is 4.04. The van der Waals surface area contributed by atoms with Crippen LogP contribution in [0.1, 0.15) is 25.2 Å². The van der Waals surface area contributed by atoms with Crippen molar-refractivity contribution in [3.63, 3.8) is 0 Å². The van der Waals surface area contributed by atoms with E-state index in [-0.39, 0.29) is 16.9 Å². The molecule has 72 valence electrons. The highest BCUT2D eigenvalue weighted by molar-refractivity contribution is 5.25. The summed E-state index contributed by atoms with van der Waals surface area (Å²) < 4.78 is 9.84. The fraction of sp³-hybridized carbons (Fsp3) is 0.444. The maximum Gasteiger partial charge on any atom is 0.227 e. The van der Waals surface area contributed by atoms with E-state index in [1.807, 2.05) is 0 Å². The fourth-order valence-corrected chi connectivity index (χ4v) is 1.04. The van der Waals surface area contributed by atoms with Gasteiger partial charge in [-0.15, -0.1) is 0 Å². The van der Waals surface area contributed by atoms with Crippen molar-refractivity contribution < 1.29 is 14.3 Å². The summed E-state index contributed by atoms with van der Waals surface area (Å²) in [5.41, 5.74) is -0.281. The SMILES string of the molecule is CC[C@@H](O)c1occc(=O)c1OC. The molecule has 0 radical (unpaired) electrons. The lowest BCUT2D eigenvalue weighted by Crippen LogP contribution is -2.09. The monoisotopic (exact) mass is 184 g/mol. The minimum absolute atomic E-state index is 0.0804. The second kappa shape index (κ2) is 4.09. The maximum absolute atomic E-state index is 11.2. The number of hydrogen-bond acceptors (Lipinski definition) is 4. The Morgan fingerprint density at radius 2 is 2.38 bits per heavy atom. The van der Waals surface area contributed by atoms with Gasteiger partial charge in [-0.25, -0.2) is 0 Å². The van der Waals surface area contributed by atoms with Crippen molar-refractivity contribution in [2.24, 2.45) is 0 Å². The van der Waals surface area contributed by atoms with E-state index in [1.54, 1.807) is 6.92 Å². The highest BCUT2D eigenvalue weighted by Crippen LogP contribution is 2.22. The van der Waals surface area contributed by atoms with Crippen LogP contribution in [0.15, 0.2) is 21.5 Å². The lowest BCUT2D eigenvalue weighted by Gasteiger charge is -2.09. The zero-order valence-electron chi connectivity index (χ0n) is 7.61. The lowest BCUT2D eigenvalue weighted by molar-refractivity contribution is 0.137. The van der Waals surface area contributed by atoms with E-state index in [0.717, 1.165) is 0 Å². The van der Waals surface area contributed by atoms with E-state index >= 15 is 0 Å². The molecule has 0 aromatic carbocycles. The first-order chi connectivity index (χ1) is 6.20. The minimum Gasteiger partial charge on any atom is -0.490 e. The van der Waals surface area contributed by atoms with Gasteiger partial charge in [0.05, 0.1) is 13.4 Å². The van der Waals surface area contributed by atoms with Gasteiger partial charge in [-0.1, -0.05) is 6.92 Å². The Hall–Kier alpha value is -1.29. The molecule has 1 N–H and O–H groups in total. The van der Waals surface area contributed by atoms with E-state index in [4.69, 9.17) is 9.15 Å². The van der Waals surface area contributed by atoms with Crippen molar-refractivity contribution in [3.05, 3.63) is 28.3 Å². The second-order valence-electron chi connectivity index (χ2n) is 2.61. The summed E-state index contributed by atoms with van der Waals surface area (Å²) >= 11 is 0. The van der Waals surface area contributed by atoms with Crippen LogP contribution in [0.2, 0.25) is 0 Å². The van der Waals surface area contributed by atoms with Crippen molar-refractivity contribution in [1.29, 1.82) is 0 Å². The Balaban J connectivity index is 3.20. The van der Waals surface area contributed by atoms with Crippen LogP contribution in [-0.4, -0.2) is 12.2 Å². The largest absolute Gasteiger partial charge is 0.490 e. The summed E-state index contributed by atoms with van der Waals surface area (Å²) in [6.07, 6.45) is 0.936. The van der Waals surface area contributed by atoms with Crippen molar-refractivity contribution in [2.75, 3.05) is 7.11 Å². The Kier molecular flexibility index (Phi) is 3.08. The average molecular weight is 184 g/mol. The highest BCUT2D eigenvalue weighted by Gasteiger charge is 2.16. The van der Waals surface area contributed by atoms with Crippen LogP contribution in [-0.2, 0) is 0 Å². The van der Waals surface area contributed by atoms with Crippen LogP contribution in [0.3, 0.4) is 0 Å². The zero-order valence-corrected chi connectivity index (χ0v) is 7.61. The van der Waals surface area contributed by atoms with Crippen molar-refractivity contribution in [3.8, 4) is 5.75 Å². The molecule has 0 aliphatic rings. The number of aliphatic hydroxyl groups is 1. The topological polar surface area (TPSA) is 59.7 Å². The van der Waals surface area contributed by atoms with Gasteiger partial charge in [0, 0.05) is 6.07 Å². The van der Waals surface area contributed by atoms with Crippen molar-refractivity contribution >= 4 is 0 Å². The molecule has 13 heavy (non-hydrogen) atoms. The van der Waals surface area contributed by atoms with Crippen molar-refractivity contribution in [2.45, 2.75) is 19.4 Å². The average Bonchev–Trinajstić information content (AvgIpc) is 2.16. The molecule has 1 atom stereocenters. The van der Waals surface area contributed by atoms with Crippen LogP contribution in [0.25, 0.3) is 0 Å². The van der Waals surface area contributed by atoms with E-state index in [9.17, 15) is 9.90 Å². The zero-order chi connectivity index (χ0) is 9.84. The summed E-state index contributed by atoms with van der Waals surface area (Å²) in [5, 5.41) is 9.45. The van der Waals surface area contributed by atoms with Crippen LogP contribution in [0.4, 0.5) is 0 Å². The predicted molar refractivity (Wildman–Crippen MR) is 46.8 cm³/mol. The van der Waals surface area contributed by atoms with E-state index in [1.165, 1.54) is 19.4 Å². The van der Waals surface area contributed by atoms with Gasteiger partial charge in [-0.3, -0.25) is 4.79 Å². The summed E-state index contributed by atoms with van der Waals surface area (Å²) in [5.74, 6) is 0.273. The first-order valence-electron chi connectivity index (χ1n) is 4.04. The van der Waals surface area contributed by atoms with Crippen LogP contribution in [0, 0.1) is 0 Å². The molecule has 0 fully saturated rings. The summed E-state index contributed by atoms with van der Waals surface area (Å²) in [6, 6.07) is 1.25. The van der Waals surface area contributed by atoms with Crippen molar-refractivity contribution in [1.82, 2.24) is 0 Å². The molecule has 0 bridgehead atoms. The van der Waals surface area contributed by atoms with Crippen LogP contribution in [0.5, 0.6) is 5.75 Å². The molecule has 4 heteroatoms. The normalized spacial score (nSPS) is 12.5. The number of methoxy groups -OCH3 is 1. The molecule has 0 saturated heterocycles. The third kappa shape index (κ3) is 1.89. The van der Waals surface area contributed by atoms with E-state index in [2.05, 4.69) is 0 Å². The smallest absolute Gasteiger partial charge is 0.227 e. The molecule has 0 unspecified atom stereocenters. The Morgan fingerprint density at radius 3 is 2.92 bits per heavy atom. The molecule has 0 spiro atoms. The summed E-state index contributed by atoms with van der Waals surface area (Å²) in [7, 11) is 1.37. The van der Waals surface area contributed by atoms with Gasteiger partial charge in [0.15, 0.2) is 5.76 Å². The molecule has 1 rings (SSSR count). The standard InChI is InChI=1S/C9H12O4/c1-3-6(10)9-8(12-2)7(11)4-5-13-9/h4-6,10H,3H2,1-2H3/t6-/m1/s1. The Labute approximate surface area is 75.8 Å². The number of rotatable bonds is 3. The molecule has 1 heterocycles. The quantitative estimate of drug-likeness (QED) is 0.763. The van der Waals surface area contributed by atoms with Gasteiger partial charge in [-0.2, -0.15) is 0 Å². The number of aliphatic hydroxyl groups excluding tert-OH is 1. The third-order valence-electron chi connectivity index (χ3n) is 1.76.